The van der Waals surface area contributed by atoms with Crippen molar-refractivity contribution >= 4 is 27.3 Å². The predicted molar refractivity (Wildman–Crippen MR) is 81.1 cm³/mol. The lowest BCUT2D eigenvalue weighted by Crippen LogP contribution is -2.13. The second kappa shape index (κ2) is 5.51. The third-order valence-corrected chi connectivity index (χ3v) is 5.06. The standard InChI is InChI=1S/C14H17BrN2S/c1-8-6-11(4-5-12(8)15)13(16)7-14-17-9(2)10(3)18-14/h4-6,13H,7,16H2,1-3H3. The van der Waals surface area contributed by atoms with Crippen LogP contribution in [0.5, 0.6) is 0 Å². The van der Waals surface area contributed by atoms with Crippen LogP contribution in [0.3, 0.4) is 0 Å². The molecule has 0 saturated carbocycles. The molecule has 1 aromatic carbocycles. The molecule has 2 aromatic rings. The van der Waals surface area contributed by atoms with Gasteiger partial charge in [-0.15, -0.1) is 11.3 Å². The number of halogens is 1. The Morgan fingerprint density at radius 3 is 2.61 bits per heavy atom. The summed E-state index contributed by atoms with van der Waals surface area (Å²) in [6, 6.07) is 6.29. The van der Waals surface area contributed by atoms with Gasteiger partial charge in [-0.05, 0) is 38.0 Å². The summed E-state index contributed by atoms with van der Waals surface area (Å²) >= 11 is 5.25. The normalized spacial score (nSPS) is 12.7. The van der Waals surface area contributed by atoms with E-state index in [1.165, 1.54) is 16.0 Å². The van der Waals surface area contributed by atoms with Crippen LogP contribution in [0.4, 0.5) is 0 Å². The molecule has 0 saturated heterocycles. The molecule has 2 nitrogen and oxygen atoms in total. The first-order valence-corrected chi connectivity index (χ1v) is 7.53. The van der Waals surface area contributed by atoms with Gasteiger partial charge in [0.25, 0.3) is 0 Å². The van der Waals surface area contributed by atoms with Crippen LogP contribution >= 0.6 is 27.3 Å². The quantitative estimate of drug-likeness (QED) is 0.924. The number of nitrogens with zero attached hydrogens (tertiary/aromatic N) is 1. The van der Waals surface area contributed by atoms with Crippen LogP contribution in [-0.4, -0.2) is 4.98 Å². The summed E-state index contributed by atoms with van der Waals surface area (Å²) in [5, 5.41) is 1.12. The minimum Gasteiger partial charge on any atom is -0.324 e. The molecule has 4 heteroatoms. The Labute approximate surface area is 120 Å². The van der Waals surface area contributed by atoms with Crippen LogP contribution in [0.25, 0.3) is 0 Å². The smallest absolute Gasteiger partial charge is 0.0949 e. The van der Waals surface area contributed by atoms with Crippen LogP contribution in [-0.2, 0) is 6.42 Å². The monoisotopic (exact) mass is 324 g/mol. The zero-order valence-electron chi connectivity index (χ0n) is 10.8. The molecule has 1 heterocycles. The van der Waals surface area contributed by atoms with Crippen molar-refractivity contribution in [2.75, 3.05) is 0 Å². The van der Waals surface area contributed by atoms with Crippen molar-refractivity contribution in [2.24, 2.45) is 5.73 Å². The third-order valence-electron chi connectivity index (χ3n) is 3.08. The molecule has 1 aromatic heterocycles. The predicted octanol–water partition coefficient (Wildman–Crippen LogP) is 4.07. The van der Waals surface area contributed by atoms with Crippen molar-refractivity contribution in [3.8, 4) is 0 Å². The molecule has 0 bridgehead atoms. The highest BCUT2D eigenvalue weighted by Gasteiger charge is 2.12. The van der Waals surface area contributed by atoms with E-state index in [-0.39, 0.29) is 6.04 Å². The molecule has 1 unspecified atom stereocenters. The van der Waals surface area contributed by atoms with Gasteiger partial charge >= 0.3 is 0 Å². The molecule has 0 radical (unpaired) electrons. The minimum absolute atomic E-state index is 0.0155. The van der Waals surface area contributed by atoms with Gasteiger partial charge in [0, 0.05) is 21.8 Å². The number of hydrogen-bond acceptors (Lipinski definition) is 3. The van der Waals surface area contributed by atoms with Gasteiger partial charge in [0.1, 0.15) is 0 Å². The summed E-state index contributed by atoms with van der Waals surface area (Å²) in [4.78, 5) is 5.83. The first-order chi connectivity index (χ1) is 8.47. The van der Waals surface area contributed by atoms with E-state index in [4.69, 9.17) is 5.73 Å². The van der Waals surface area contributed by atoms with Crippen LogP contribution in [0.2, 0.25) is 0 Å². The van der Waals surface area contributed by atoms with E-state index < -0.39 is 0 Å². The van der Waals surface area contributed by atoms with E-state index in [0.717, 1.165) is 21.6 Å². The van der Waals surface area contributed by atoms with Crippen molar-refractivity contribution < 1.29 is 0 Å². The molecule has 0 aliphatic carbocycles. The molecule has 18 heavy (non-hydrogen) atoms. The molecule has 96 valence electrons. The zero-order valence-corrected chi connectivity index (χ0v) is 13.2. The average molecular weight is 325 g/mol. The SMILES string of the molecule is Cc1cc(C(N)Cc2nc(C)c(C)s2)ccc1Br. The summed E-state index contributed by atoms with van der Waals surface area (Å²) in [5.41, 5.74) is 9.76. The van der Waals surface area contributed by atoms with Gasteiger partial charge in [-0.25, -0.2) is 4.98 Å². The van der Waals surface area contributed by atoms with Gasteiger partial charge in [-0.1, -0.05) is 28.1 Å². The Morgan fingerprint density at radius 1 is 1.33 bits per heavy atom. The molecular formula is C14H17BrN2S. The van der Waals surface area contributed by atoms with E-state index in [9.17, 15) is 0 Å². The Kier molecular flexibility index (Phi) is 4.20. The minimum atomic E-state index is 0.0155. The Hall–Kier alpha value is -0.710. The maximum absolute atomic E-state index is 6.26. The van der Waals surface area contributed by atoms with Crippen molar-refractivity contribution in [3.63, 3.8) is 0 Å². The molecular weight excluding hydrogens is 308 g/mol. The highest BCUT2D eigenvalue weighted by atomic mass is 79.9. The number of nitrogens with two attached hydrogens (primary N) is 1. The average Bonchev–Trinajstić information content (AvgIpc) is 2.61. The first kappa shape index (κ1) is 13.7. The number of thiazole rings is 1. The first-order valence-electron chi connectivity index (χ1n) is 5.92. The molecule has 0 amide bonds. The van der Waals surface area contributed by atoms with Crippen LogP contribution in [0, 0.1) is 20.8 Å². The Bertz CT molecular complexity index is 543. The lowest BCUT2D eigenvalue weighted by atomic mass is 10.0. The Balaban J connectivity index is 2.16. The van der Waals surface area contributed by atoms with E-state index in [2.05, 4.69) is 53.0 Å². The fraction of sp³-hybridized carbons (Fsp3) is 0.357. The molecule has 2 rings (SSSR count). The lowest BCUT2D eigenvalue weighted by Gasteiger charge is -2.11. The van der Waals surface area contributed by atoms with E-state index >= 15 is 0 Å². The molecule has 0 aliphatic rings. The van der Waals surface area contributed by atoms with Gasteiger partial charge in [-0.2, -0.15) is 0 Å². The lowest BCUT2D eigenvalue weighted by molar-refractivity contribution is 0.715. The zero-order chi connectivity index (χ0) is 13.3. The van der Waals surface area contributed by atoms with Crippen LogP contribution < -0.4 is 5.73 Å². The van der Waals surface area contributed by atoms with E-state index in [1.54, 1.807) is 11.3 Å². The number of aryl methyl sites for hydroxylation is 3. The molecule has 2 N–H and O–H groups in total. The second-order valence-corrected chi connectivity index (χ2v) is 6.71. The number of hydrogen-bond donors (Lipinski definition) is 1. The third kappa shape index (κ3) is 2.99. The maximum atomic E-state index is 6.26. The Morgan fingerprint density at radius 2 is 2.06 bits per heavy atom. The summed E-state index contributed by atoms with van der Waals surface area (Å²) < 4.78 is 1.12. The molecule has 0 spiro atoms. The summed E-state index contributed by atoms with van der Waals surface area (Å²) in [6.45, 7) is 6.23. The van der Waals surface area contributed by atoms with Gasteiger partial charge < -0.3 is 5.73 Å². The van der Waals surface area contributed by atoms with Crippen molar-refractivity contribution in [1.82, 2.24) is 4.98 Å². The van der Waals surface area contributed by atoms with Crippen LogP contribution in [0.1, 0.15) is 32.7 Å². The summed E-state index contributed by atoms with van der Waals surface area (Å²) in [5.74, 6) is 0. The van der Waals surface area contributed by atoms with Gasteiger partial charge in [-0.3, -0.25) is 0 Å². The fourth-order valence-electron chi connectivity index (χ4n) is 1.83. The molecule has 0 aliphatic heterocycles. The number of benzene rings is 1. The topological polar surface area (TPSA) is 38.9 Å². The van der Waals surface area contributed by atoms with Gasteiger partial charge in [0.2, 0.25) is 0 Å². The van der Waals surface area contributed by atoms with Gasteiger partial charge in [0.15, 0.2) is 0 Å². The molecule has 1 atom stereocenters. The van der Waals surface area contributed by atoms with E-state index in [0.29, 0.717) is 0 Å². The van der Waals surface area contributed by atoms with Gasteiger partial charge in [0.05, 0.1) is 10.7 Å². The number of aromatic nitrogens is 1. The van der Waals surface area contributed by atoms with Crippen molar-refractivity contribution in [1.29, 1.82) is 0 Å². The maximum Gasteiger partial charge on any atom is 0.0949 e. The van der Waals surface area contributed by atoms with Crippen molar-refractivity contribution in [2.45, 2.75) is 33.2 Å². The highest BCUT2D eigenvalue weighted by molar-refractivity contribution is 9.10. The number of rotatable bonds is 3. The summed E-state index contributed by atoms with van der Waals surface area (Å²) in [7, 11) is 0. The fourth-order valence-corrected chi connectivity index (χ4v) is 3.07. The van der Waals surface area contributed by atoms with Crippen molar-refractivity contribution in [3.05, 3.63) is 49.4 Å². The van der Waals surface area contributed by atoms with E-state index in [1.807, 2.05) is 6.92 Å². The summed E-state index contributed by atoms with van der Waals surface area (Å²) in [6.07, 6.45) is 0.806. The van der Waals surface area contributed by atoms with Crippen LogP contribution in [0.15, 0.2) is 22.7 Å². The largest absolute Gasteiger partial charge is 0.324 e. The molecule has 0 fully saturated rings. The highest BCUT2D eigenvalue weighted by Crippen LogP contribution is 2.24. The second-order valence-electron chi connectivity index (χ2n) is 4.57.